The minimum Gasteiger partial charge on any atom is -0.253 e. The zero-order valence-corrected chi connectivity index (χ0v) is 12.9. The van der Waals surface area contributed by atoms with Gasteiger partial charge in [-0.1, -0.05) is 33.8 Å². The van der Waals surface area contributed by atoms with Crippen LogP contribution >= 0.6 is 0 Å². The van der Waals surface area contributed by atoms with Crippen molar-refractivity contribution in [3.05, 3.63) is 53.5 Å². The van der Waals surface area contributed by atoms with E-state index >= 15 is 0 Å². The predicted octanol–water partition coefficient (Wildman–Crippen LogP) is 5.35. The number of benzene rings is 1. The lowest BCUT2D eigenvalue weighted by molar-refractivity contribution is 0.334. The summed E-state index contributed by atoms with van der Waals surface area (Å²) in [4.78, 5) is 4.76. The molecule has 1 heterocycles. The molecule has 0 aliphatic carbocycles. The first-order valence-corrected chi connectivity index (χ1v) is 7.02. The molecule has 20 heavy (non-hydrogen) atoms. The average molecular weight is 271 g/mol. The van der Waals surface area contributed by atoms with Crippen LogP contribution in [0, 0.1) is 18.2 Å². The molecule has 1 nitrogen and oxygen atoms in total. The van der Waals surface area contributed by atoms with Crippen LogP contribution in [0.5, 0.6) is 0 Å². The van der Waals surface area contributed by atoms with Crippen LogP contribution < -0.4 is 0 Å². The molecule has 0 spiro atoms. The third kappa shape index (κ3) is 3.06. The summed E-state index contributed by atoms with van der Waals surface area (Å²) in [7, 11) is 0. The number of aryl methyl sites for hydroxylation is 1. The topological polar surface area (TPSA) is 12.9 Å². The fraction of sp³-hybridized carbons (Fsp3) is 0.389. The molecule has 1 atom stereocenters. The summed E-state index contributed by atoms with van der Waals surface area (Å²) in [5.41, 5.74) is 3.77. The highest BCUT2D eigenvalue weighted by molar-refractivity contribution is 5.60. The lowest BCUT2D eigenvalue weighted by atomic mass is 9.80. The van der Waals surface area contributed by atoms with Gasteiger partial charge in [-0.3, -0.25) is 4.98 Å². The van der Waals surface area contributed by atoms with Crippen LogP contribution in [0.4, 0.5) is 4.39 Å². The Bertz CT molecular complexity index is 611. The molecule has 0 unspecified atom stereocenters. The number of hydrogen-bond donors (Lipinski definition) is 0. The van der Waals surface area contributed by atoms with Gasteiger partial charge in [-0.25, -0.2) is 4.39 Å². The first kappa shape index (κ1) is 14.7. The SMILES string of the molecule is Cc1cc(-c2cccc([C@H](C)C(C)(C)C)n2)ccc1F. The van der Waals surface area contributed by atoms with E-state index in [0.717, 1.165) is 17.0 Å². The smallest absolute Gasteiger partial charge is 0.126 e. The number of aromatic nitrogens is 1. The fourth-order valence-electron chi connectivity index (χ4n) is 2.10. The summed E-state index contributed by atoms with van der Waals surface area (Å²) in [5.74, 6) is 0.192. The second-order valence-electron chi connectivity index (χ2n) is 6.50. The van der Waals surface area contributed by atoms with E-state index in [2.05, 4.69) is 33.8 Å². The Morgan fingerprint density at radius 1 is 1.10 bits per heavy atom. The molecule has 0 amide bonds. The second-order valence-corrected chi connectivity index (χ2v) is 6.50. The largest absolute Gasteiger partial charge is 0.253 e. The van der Waals surface area contributed by atoms with Gasteiger partial charge in [0.05, 0.1) is 5.69 Å². The molecule has 2 heteroatoms. The van der Waals surface area contributed by atoms with Crippen molar-refractivity contribution in [2.75, 3.05) is 0 Å². The molecule has 0 bridgehead atoms. The molecule has 2 aromatic rings. The third-order valence-electron chi connectivity index (χ3n) is 3.97. The minimum absolute atomic E-state index is 0.171. The molecular formula is C18H22FN. The molecular weight excluding hydrogens is 249 g/mol. The molecule has 0 saturated heterocycles. The Balaban J connectivity index is 2.41. The van der Waals surface area contributed by atoms with Crippen LogP contribution in [0.15, 0.2) is 36.4 Å². The van der Waals surface area contributed by atoms with Crippen molar-refractivity contribution >= 4 is 0 Å². The van der Waals surface area contributed by atoms with Crippen molar-refractivity contribution in [1.82, 2.24) is 4.98 Å². The highest BCUT2D eigenvalue weighted by Gasteiger charge is 2.23. The molecule has 106 valence electrons. The zero-order valence-electron chi connectivity index (χ0n) is 12.9. The number of rotatable bonds is 2. The summed E-state index contributed by atoms with van der Waals surface area (Å²) in [5, 5.41) is 0. The Kier molecular flexibility index (Phi) is 3.94. The molecule has 0 saturated carbocycles. The lowest BCUT2D eigenvalue weighted by Gasteiger charge is -2.27. The van der Waals surface area contributed by atoms with Gasteiger partial charge in [0.1, 0.15) is 5.82 Å². The van der Waals surface area contributed by atoms with E-state index in [-0.39, 0.29) is 11.2 Å². The van der Waals surface area contributed by atoms with Crippen molar-refractivity contribution in [3.8, 4) is 11.3 Å². The van der Waals surface area contributed by atoms with Crippen molar-refractivity contribution in [3.63, 3.8) is 0 Å². The minimum atomic E-state index is -0.173. The third-order valence-corrected chi connectivity index (χ3v) is 3.97. The maximum atomic E-state index is 13.4. The van der Waals surface area contributed by atoms with Gasteiger partial charge >= 0.3 is 0 Å². The Hall–Kier alpha value is -1.70. The Morgan fingerprint density at radius 2 is 1.80 bits per heavy atom. The van der Waals surface area contributed by atoms with Crippen LogP contribution in [-0.2, 0) is 0 Å². The van der Waals surface area contributed by atoms with E-state index in [0.29, 0.717) is 11.5 Å². The van der Waals surface area contributed by atoms with Gasteiger partial charge in [-0.15, -0.1) is 0 Å². The van der Waals surface area contributed by atoms with Crippen molar-refractivity contribution in [2.24, 2.45) is 5.41 Å². The van der Waals surface area contributed by atoms with Gasteiger partial charge in [0, 0.05) is 17.2 Å². The first-order valence-electron chi connectivity index (χ1n) is 7.02. The van der Waals surface area contributed by atoms with Gasteiger partial charge < -0.3 is 0 Å². The molecule has 2 rings (SSSR count). The maximum absolute atomic E-state index is 13.4. The molecule has 0 radical (unpaired) electrons. The average Bonchev–Trinajstić information content (AvgIpc) is 2.40. The van der Waals surface area contributed by atoms with Gasteiger partial charge in [0.25, 0.3) is 0 Å². The second kappa shape index (κ2) is 5.35. The van der Waals surface area contributed by atoms with E-state index in [4.69, 9.17) is 4.98 Å². The fourth-order valence-corrected chi connectivity index (χ4v) is 2.10. The summed E-state index contributed by atoms with van der Waals surface area (Å²) in [6.07, 6.45) is 0. The molecule has 1 aromatic carbocycles. The van der Waals surface area contributed by atoms with E-state index in [1.165, 1.54) is 6.07 Å². The summed E-state index contributed by atoms with van der Waals surface area (Å²) < 4.78 is 13.4. The molecule has 1 aromatic heterocycles. The van der Waals surface area contributed by atoms with E-state index < -0.39 is 0 Å². The van der Waals surface area contributed by atoms with Crippen molar-refractivity contribution in [1.29, 1.82) is 0 Å². The molecule has 0 aliphatic rings. The zero-order chi connectivity index (χ0) is 14.9. The van der Waals surface area contributed by atoms with E-state index in [1.807, 2.05) is 18.2 Å². The number of hydrogen-bond acceptors (Lipinski definition) is 1. The quantitative estimate of drug-likeness (QED) is 0.718. The van der Waals surface area contributed by atoms with Crippen LogP contribution in [0.1, 0.15) is 44.9 Å². The maximum Gasteiger partial charge on any atom is 0.126 e. The van der Waals surface area contributed by atoms with Gasteiger partial charge in [-0.2, -0.15) is 0 Å². The van der Waals surface area contributed by atoms with E-state index in [9.17, 15) is 4.39 Å². The lowest BCUT2D eigenvalue weighted by Crippen LogP contribution is -2.16. The number of halogens is 1. The highest BCUT2D eigenvalue weighted by Crippen LogP contribution is 2.34. The van der Waals surface area contributed by atoms with Gasteiger partial charge in [0.15, 0.2) is 0 Å². The van der Waals surface area contributed by atoms with Crippen LogP contribution in [0.25, 0.3) is 11.3 Å². The van der Waals surface area contributed by atoms with Crippen molar-refractivity contribution in [2.45, 2.75) is 40.5 Å². The van der Waals surface area contributed by atoms with E-state index in [1.54, 1.807) is 13.0 Å². The summed E-state index contributed by atoms with van der Waals surface area (Å²) in [6.45, 7) is 10.6. The summed E-state index contributed by atoms with van der Waals surface area (Å²) in [6, 6.07) is 11.2. The Labute approximate surface area is 120 Å². The monoisotopic (exact) mass is 271 g/mol. The standard InChI is InChI=1S/C18H22FN/c1-12-11-14(9-10-15(12)19)17-8-6-7-16(20-17)13(2)18(3,4)5/h6-11,13H,1-5H3/t13-/m0/s1. The van der Waals surface area contributed by atoms with Crippen molar-refractivity contribution < 1.29 is 4.39 Å². The molecule has 0 N–H and O–H groups in total. The molecule has 0 fully saturated rings. The van der Waals surface area contributed by atoms with Crippen LogP contribution in [-0.4, -0.2) is 4.98 Å². The van der Waals surface area contributed by atoms with Gasteiger partial charge in [0.2, 0.25) is 0 Å². The molecule has 0 aliphatic heterocycles. The first-order chi connectivity index (χ1) is 9.29. The van der Waals surface area contributed by atoms with Gasteiger partial charge in [-0.05, 0) is 48.2 Å². The number of nitrogens with zero attached hydrogens (tertiary/aromatic N) is 1. The summed E-state index contributed by atoms with van der Waals surface area (Å²) >= 11 is 0. The Morgan fingerprint density at radius 3 is 2.40 bits per heavy atom. The van der Waals surface area contributed by atoms with Crippen LogP contribution in [0.3, 0.4) is 0 Å². The highest BCUT2D eigenvalue weighted by atomic mass is 19.1. The predicted molar refractivity (Wildman–Crippen MR) is 82.2 cm³/mol. The number of pyridine rings is 1. The normalized spacial score (nSPS) is 13.3. The van der Waals surface area contributed by atoms with Crippen LogP contribution in [0.2, 0.25) is 0 Å².